The van der Waals surface area contributed by atoms with Crippen LogP contribution in [-0.2, 0) is 10.2 Å². The van der Waals surface area contributed by atoms with Gasteiger partial charge in [-0.15, -0.1) is 0 Å². The smallest absolute Gasteiger partial charge is 0.232 e. The third-order valence-corrected chi connectivity index (χ3v) is 4.89. The van der Waals surface area contributed by atoms with Crippen molar-refractivity contribution in [1.82, 2.24) is 15.0 Å². The largest absolute Gasteiger partial charge is 0.339 e. The summed E-state index contributed by atoms with van der Waals surface area (Å²) in [7, 11) is 0. The van der Waals surface area contributed by atoms with Gasteiger partial charge in [0.1, 0.15) is 0 Å². The average molecular weight is 305 g/mol. The van der Waals surface area contributed by atoms with Crippen molar-refractivity contribution in [3.05, 3.63) is 11.7 Å². The van der Waals surface area contributed by atoms with Gasteiger partial charge in [-0.25, -0.2) is 0 Å². The molecule has 2 aliphatic rings. The molecule has 0 bridgehead atoms. The number of nitrogens with zero attached hydrogens (tertiary/aromatic N) is 3. The van der Waals surface area contributed by atoms with Gasteiger partial charge in [-0.05, 0) is 12.8 Å². The van der Waals surface area contributed by atoms with Crippen molar-refractivity contribution in [3.63, 3.8) is 0 Å². The minimum absolute atomic E-state index is 0.0688. The van der Waals surface area contributed by atoms with Crippen molar-refractivity contribution in [3.8, 4) is 0 Å². The van der Waals surface area contributed by atoms with Crippen molar-refractivity contribution < 1.29 is 9.32 Å². The van der Waals surface area contributed by atoms with E-state index in [1.807, 2.05) is 0 Å². The van der Waals surface area contributed by atoms with Gasteiger partial charge >= 0.3 is 0 Å². The van der Waals surface area contributed by atoms with Crippen LogP contribution < -0.4 is 0 Å². The highest BCUT2D eigenvalue weighted by atomic mass is 16.5. The molecule has 1 unspecified atom stereocenters. The van der Waals surface area contributed by atoms with Gasteiger partial charge < -0.3 is 9.42 Å². The number of likely N-dealkylation sites (tertiary alicyclic amines) is 1. The van der Waals surface area contributed by atoms with Crippen molar-refractivity contribution >= 4 is 5.91 Å². The monoisotopic (exact) mass is 305 g/mol. The molecule has 2 fully saturated rings. The van der Waals surface area contributed by atoms with Gasteiger partial charge in [0.25, 0.3) is 0 Å². The Kier molecular flexibility index (Phi) is 4.24. The zero-order chi connectivity index (χ0) is 15.7. The summed E-state index contributed by atoms with van der Waals surface area (Å²) in [4.78, 5) is 19.0. The predicted molar refractivity (Wildman–Crippen MR) is 83.6 cm³/mol. The van der Waals surface area contributed by atoms with Gasteiger partial charge in [-0.1, -0.05) is 51.6 Å². The van der Waals surface area contributed by atoms with Crippen LogP contribution in [0.15, 0.2) is 4.52 Å². The summed E-state index contributed by atoms with van der Waals surface area (Å²) >= 11 is 0. The van der Waals surface area contributed by atoms with E-state index in [-0.39, 0.29) is 17.2 Å². The first-order chi connectivity index (χ1) is 10.4. The van der Waals surface area contributed by atoms with E-state index in [0.29, 0.717) is 18.4 Å². The Hall–Kier alpha value is -1.39. The minimum atomic E-state index is -0.120. The SMILES string of the molecule is CC(C)(C)c1noc(C2CC(=O)N(C3CCCCCC3)C2)n1. The van der Waals surface area contributed by atoms with Crippen LogP contribution in [0.25, 0.3) is 0 Å². The van der Waals surface area contributed by atoms with Gasteiger partial charge in [0.05, 0.1) is 5.92 Å². The maximum absolute atomic E-state index is 12.4. The molecular weight excluding hydrogens is 278 g/mol. The zero-order valence-electron chi connectivity index (χ0n) is 14.0. The van der Waals surface area contributed by atoms with E-state index in [1.54, 1.807) is 0 Å². The normalized spacial score (nSPS) is 24.8. The molecule has 0 N–H and O–H groups in total. The number of hydrogen-bond donors (Lipinski definition) is 0. The number of carbonyl (C=O) groups is 1. The van der Waals surface area contributed by atoms with E-state index in [9.17, 15) is 4.79 Å². The summed E-state index contributed by atoms with van der Waals surface area (Å²) in [5, 5.41) is 4.09. The summed E-state index contributed by atoms with van der Waals surface area (Å²) in [6.07, 6.45) is 7.91. The summed E-state index contributed by atoms with van der Waals surface area (Å²) in [6.45, 7) is 6.95. The topological polar surface area (TPSA) is 59.2 Å². The van der Waals surface area contributed by atoms with Gasteiger partial charge in [0.2, 0.25) is 11.8 Å². The average Bonchev–Trinajstić information content (AvgIpc) is 2.99. The molecule has 0 aromatic carbocycles. The van der Waals surface area contributed by atoms with Crippen LogP contribution in [0.1, 0.15) is 83.3 Å². The standard InChI is InChI=1S/C17H27N3O2/c1-17(2,3)16-18-15(22-19-16)12-10-14(21)20(11-12)13-8-6-4-5-7-9-13/h12-13H,4-11H2,1-3H3. The van der Waals surface area contributed by atoms with Crippen LogP contribution >= 0.6 is 0 Å². The Morgan fingerprint density at radius 3 is 2.41 bits per heavy atom. The van der Waals surface area contributed by atoms with Crippen LogP contribution in [0, 0.1) is 0 Å². The lowest BCUT2D eigenvalue weighted by Gasteiger charge is -2.26. The second kappa shape index (κ2) is 6.01. The Morgan fingerprint density at radius 2 is 1.82 bits per heavy atom. The third-order valence-electron chi connectivity index (χ3n) is 4.89. The van der Waals surface area contributed by atoms with Crippen molar-refractivity contribution in [2.24, 2.45) is 0 Å². The van der Waals surface area contributed by atoms with Gasteiger partial charge in [0, 0.05) is 24.4 Å². The van der Waals surface area contributed by atoms with Crippen LogP contribution in [0.5, 0.6) is 0 Å². The summed E-state index contributed by atoms with van der Waals surface area (Å²) in [5.41, 5.74) is -0.120. The quantitative estimate of drug-likeness (QED) is 0.786. The molecule has 1 amide bonds. The van der Waals surface area contributed by atoms with Crippen LogP contribution in [0.4, 0.5) is 0 Å². The first kappa shape index (κ1) is 15.5. The van der Waals surface area contributed by atoms with Gasteiger partial charge in [-0.2, -0.15) is 4.98 Å². The lowest BCUT2D eigenvalue weighted by molar-refractivity contribution is -0.129. The van der Waals surface area contributed by atoms with Crippen molar-refractivity contribution in [1.29, 1.82) is 0 Å². The Bertz CT molecular complexity index is 524. The first-order valence-corrected chi connectivity index (χ1v) is 8.58. The van der Waals surface area contributed by atoms with Crippen molar-refractivity contribution in [2.45, 2.75) is 83.1 Å². The predicted octanol–water partition coefficient (Wildman–Crippen LogP) is 3.41. The molecule has 5 heteroatoms. The fourth-order valence-corrected chi connectivity index (χ4v) is 3.53. The van der Waals surface area contributed by atoms with Gasteiger partial charge in [0.15, 0.2) is 5.82 Å². The molecule has 1 saturated heterocycles. The lowest BCUT2D eigenvalue weighted by atomic mass is 9.96. The minimum Gasteiger partial charge on any atom is -0.339 e. The summed E-state index contributed by atoms with van der Waals surface area (Å²) in [5.74, 6) is 1.68. The van der Waals surface area contributed by atoms with Crippen LogP contribution in [0.2, 0.25) is 0 Å². The molecule has 1 aliphatic heterocycles. The summed E-state index contributed by atoms with van der Waals surface area (Å²) < 4.78 is 5.44. The second-order valence-corrected chi connectivity index (χ2v) is 7.80. The van der Waals surface area contributed by atoms with E-state index in [0.717, 1.165) is 25.2 Å². The molecular formula is C17H27N3O2. The molecule has 1 aromatic heterocycles. The number of aromatic nitrogens is 2. The molecule has 1 saturated carbocycles. The number of carbonyl (C=O) groups excluding carboxylic acids is 1. The fourth-order valence-electron chi connectivity index (χ4n) is 3.53. The molecule has 2 heterocycles. The molecule has 1 aromatic rings. The van der Waals surface area contributed by atoms with Crippen molar-refractivity contribution in [2.75, 3.05) is 6.54 Å². The Labute approximate surface area is 132 Å². The first-order valence-electron chi connectivity index (χ1n) is 8.58. The van der Waals surface area contributed by atoms with Gasteiger partial charge in [-0.3, -0.25) is 4.79 Å². The number of rotatable bonds is 2. The number of amides is 1. The molecule has 122 valence electrons. The van der Waals surface area contributed by atoms with E-state index in [2.05, 4.69) is 35.8 Å². The lowest BCUT2D eigenvalue weighted by Crippen LogP contribution is -2.36. The third kappa shape index (κ3) is 3.18. The maximum Gasteiger partial charge on any atom is 0.232 e. The number of hydrogen-bond acceptors (Lipinski definition) is 4. The molecule has 1 aliphatic carbocycles. The fraction of sp³-hybridized carbons (Fsp3) is 0.824. The molecule has 0 radical (unpaired) electrons. The van der Waals surface area contributed by atoms with E-state index in [1.165, 1.54) is 25.7 Å². The second-order valence-electron chi connectivity index (χ2n) is 7.80. The highest BCUT2D eigenvalue weighted by Gasteiger charge is 2.38. The summed E-state index contributed by atoms with van der Waals surface area (Å²) in [6, 6.07) is 0.421. The molecule has 3 rings (SSSR count). The van der Waals surface area contributed by atoms with E-state index >= 15 is 0 Å². The van der Waals surface area contributed by atoms with Crippen LogP contribution in [0.3, 0.4) is 0 Å². The highest BCUT2D eigenvalue weighted by Crippen LogP contribution is 2.33. The van der Waals surface area contributed by atoms with E-state index in [4.69, 9.17) is 4.52 Å². The highest BCUT2D eigenvalue weighted by molar-refractivity contribution is 5.79. The molecule has 22 heavy (non-hydrogen) atoms. The van der Waals surface area contributed by atoms with Crippen LogP contribution in [-0.4, -0.2) is 33.5 Å². The maximum atomic E-state index is 12.4. The molecule has 1 atom stereocenters. The Morgan fingerprint density at radius 1 is 1.14 bits per heavy atom. The van der Waals surface area contributed by atoms with E-state index < -0.39 is 0 Å². The Balaban J connectivity index is 1.70. The zero-order valence-corrected chi connectivity index (χ0v) is 14.0. The molecule has 0 spiro atoms. The molecule has 5 nitrogen and oxygen atoms in total.